The van der Waals surface area contributed by atoms with Crippen LogP contribution in [-0.4, -0.2) is 20.8 Å². The quantitative estimate of drug-likeness (QED) is 0.310. The number of hydrogen-bond donors (Lipinski definition) is 0. The molecule has 1 heterocycles. The van der Waals surface area contributed by atoms with E-state index >= 15 is 0 Å². The molecule has 0 aliphatic heterocycles. The average Bonchev–Trinajstić information content (AvgIpc) is 2.74. The first-order chi connectivity index (χ1) is 13.6. The largest absolute Gasteiger partial charge is 0.282 e. The van der Waals surface area contributed by atoms with Gasteiger partial charge in [-0.3, -0.25) is 14.9 Å². The summed E-state index contributed by atoms with van der Waals surface area (Å²) in [6.07, 6.45) is 1.48. The van der Waals surface area contributed by atoms with Crippen LogP contribution in [0.25, 0.3) is 22.3 Å². The van der Waals surface area contributed by atoms with Crippen molar-refractivity contribution < 1.29 is 4.92 Å². The van der Waals surface area contributed by atoms with Gasteiger partial charge in [-0.25, -0.2) is 4.98 Å². The Hall–Kier alpha value is -4.13. The van der Waals surface area contributed by atoms with E-state index in [1.807, 2.05) is 36.4 Å². The first-order valence-electron chi connectivity index (χ1n) is 8.49. The lowest BCUT2D eigenvalue weighted by molar-refractivity contribution is -0.384. The monoisotopic (exact) mass is 370 g/mol. The first-order valence-corrected chi connectivity index (χ1v) is 8.49. The highest BCUT2D eigenvalue weighted by molar-refractivity contribution is 5.82. The number of fused-ring (bicyclic) bond motifs is 1. The van der Waals surface area contributed by atoms with Crippen molar-refractivity contribution >= 4 is 22.8 Å². The van der Waals surface area contributed by atoms with Crippen LogP contribution in [0.2, 0.25) is 0 Å². The Morgan fingerprint density at radius 1 is 0.929 bits per heavy atom. The van der Waals surface area contributed by atoms with E-state index in [4.69, 9.17) is 0 Å². The second kappa shape index (κ2) is 7.24. The van der Waals surface area contributed by atoms with E-state index < -0.39 is 4.92 Å². The van der Waals surface area contributed by atoms with Crippen LogP contribution in [0.1, 0.15) is 5.56 Å². The predicted octanol–water partition coefficient (Wildman–Crippen LogP) is 3.85. The van der Waals surface area contributed by atoms with Crippen molar-refractivity contribution in [1.29, 1.82) is 0 Å². The molecule has 7 heteroatoms. The third-order valence-electron chi connectivity index (χ3n) is 4.21. The molecule has 0 saturated carbocycles. The van der Waals surface area contributed by atoms with E-state index in [-0.39, 0.29) is 11.2 Å². The molecule has 0 fully saturated rings. The SMILES string of the molecule is O=c1c2ccccc2nc(-c2ccccc2)n1/N=C\c1ccc([N+](=O)[O-])cc1. The third-order valence-corrected chi connectivity index (χ3v) is 4.21. The number of nitro benzene ring substituents is 1. The van der Waals surface area contributed by atoms with Gasteiger partial charge in [-0.15, -0.1) is 0 Å². The minimum atomic E-state index is -0.466. The molecule has 0 atom stereocenters. The summed E-state index contributed by atoms with van der Waals surface area (Å²) in [4.78, 5) is 27.9. The fraction of sp³-hybridized carbons (Fsp3) is 0. The molecule has 1 aromatic heterocycles. The van der Waals surface area contributed by atoms with Crippen LogP contribution in [0.4, 0.5) is 5.69 Å². The molecule has 0 radical (unpaired) electrons. The van der Waals surface area contributed by atoms with Gasteiger partial charge in [-0.05, 0) is 29.8 Å². The molecular weight excluding hydrogens is 356 g/mol. The van der Waals surface area contributed by atoms with Crippen molar-refractivity contribution in [2.75, 3.05) is 0 Å². The topological polar surface area (TPSA) is 90.4 Å². The van der Waals surface area contributed by atoms with E-state index in [0.717, 1.165) is 5.56 Å². The van der Waals surface area contributed by atoms with Crippen LogP contribution in [0.5, 0.6) is 0 Å². The van der Waals surface area contributed by atoms with Gasteiger partial charge in [-0.1, -0.05) is 42.5 Å². The molecule has 0 unspecified atom stereocenters. The predicted molar refractivity (Wildman–Crippen MR) is 108 cm³/mol. The highest BCUT2D eigenvalue weighted by atomic mass is 16.6. The lowest BCUT2D eigenvalue weighted by Crippen LogP contribution is -2.20. The molecule has 0 bridgehead atoms. The van der Waals surface area contributed by atoms with Gasteiger partial charge in [0.25, 0.3) is 11.2 Å². The highest BCUT2D eigenvalue weighted by Gasteiger charge is 2.12. The van der Waals surface area contributed by atoms with Crippen molar-refractivity contribution in [2.45, 2.75) is 0 Å². The van der Waals surface area contributed by atoms with Crippen LogP contribution >= 0.6 is 0 Å². The normalized spacial score (nSPS) is 11.1. The van der Waals surface area contributed by atoms with Crippen molar-refractivity contribution in [3.05, 3.63) is 105 Å². The third kappa shape index (κ3) is 3.28. The maximum atomic E-state index is 13.0. The van der Waals surface area contributed by atoms with Gasteiger partial charge in [0.1, 0.15) is 0 Å². The fourth-order valence-corrected chi connectivity index (χ4v) is 2.81. The molecule has 4 aromatic rings. The fourth-order valence-electron chi connectivity index (χ4n) is 2.81. The lowest BCUT2D eigenvalue weighted by Gasteiger charge is -2.09. The zero-order valence-electron chi connectivity index (χ0n) is 14.6. The molecule has 0 aliphatic carbocycles. The van der Waals surface area contributed by atoms with Crippen LogP contribution in [0.15, 0.2) is 88.8 Å². The zero-order valence-corrected chi connectivity index (χ0v) is 14.6. The van der Waals surface area contributed by atoms with Crippen LogP contribution in [0.3, 0.4) is 0 Å². The van der Waals surface area contributed by atoms with Gasteiger partial charge in [0.2, 0.25) is 0 Å². The van der Waals surface area contributed by atoms with E-state index in [1.165, 1.54) is 23.0 Å². The van der Waals surface area contributed by atoms with E-state index in [9.17, 15) is 14.9 Å². The number of nitrogens with zero attached hydrogens (tertiary/aromatic N) is 4. The average molecular weight is 370 g/mol. The smallest absolute Gasteiger partial charge is 0.267 e. The van der Waals surface area contributed by atoms with Gasteiger partial charge in [0.15, 0.2) is 5.82 Å². The van der Waals surface area contributed by atoms with Crippen molar-refractivity contribution in [1.82, 2.24) is 9.66 Å². The Morgan fingerprint density at radius 2 is 1.61 bits per heavy atom. The van der Waals surface area contributed by atoms with E-state index in [2.05, 4.69) is 10.1 Å². The summed E-state index contributed by atoms with van der Waals surface area (Å²) < 4.78 is 1.25. The molecule has 0 N–H and O–H groups in total. The minimum Gasteiger partial charge on any atom is -0.267 e. The summed E-state index contributed by atoms with van der Waals surface area (Å²) >= 11 is 0. The molecule has 7 nitrogen and oxygen atoms in total. The van der Waals surface area contributed by atoms with E-state index in [0.29, 0.717) is 22.3 Å². The maximum absolute atomic E-state index is 13.0. The number of non-ortho nitro benzene ring substituents is 1. The molecular formula is C21H14N4O3. The first kappa shape index (κ1) is 17.3. The van der Waals surface area contributed by atoms with Gasteiger partial charge in [0.05, 0.1) is 22.0 Å². The molecule has 0 spiro atoms. The van der Waals surface area contributed by atoms with Gasteiger partial charge < -0.3 is 0 Å². The molecule has 28 heavy (non-hydrogen) atoms. The highest BCUT2D eigenvalue weighted by Crippen LogP contribution is 2.18. The van der Waals surface area contributed by atoms with Gasteiger partial charge >= 0.3 is 0 Å². The molecule has 0 amide bonds. The second-order valence-corrected chi connectivity index (χ2v) is 6.03. The Bertz CT molecular complexity index is 1250. The summed E-state index contributed by atoms with van der Waals surface area (Å²) in [5, 5.41) is 15.6. The molecule has 3 aromatic carbocycles. The van der Waals surface area contributed by atoms with Gasteiger partial charge in [0, 0.05) is 17.7 Å². The van der Waals surface area contributed by atoms with Crippen LogP contribution in [0, 0.1) is 10.1 Å². The summed E-state index contributed by atoms with van der Waals surface area (Å²) in [6, 6.07) is 22.3. The van der Waals surface area contributed by atoms with Crippen molar-refractivity contribution in [3.63, 3.8) is 0 Å². The molecule has 4 rings (SSSR count). The Kier molecular flexibility index (Phi) is 4.47. The van der Waals surface area contributed by atoms with E-state index in [1.54, 1.807) is 30.3 Å². The van der Waals surface area contributed by atoms with Crippen molar-refractivity contribution in [3.8, 4) is 11.4 Å². The Morgan fingerprint density at radius 3 is 2.32 bits per heavy atom. The molecule has 0 aliphatic rings. The van der Waals surface area contributed by atoms with Crippen molar-refractivity contribution in [2.24, 2.45) is 5.10 Å². The standard InChI is InChI=1S/C21H14N4O3/c26-21-18-8-4-5-9-19(18)23-20(16-6-2-1-3-7-16)24(21)22-14-15-10-12-17(13-11-15)25(27)28/h1-14H/b22-14-. The minimum absolute atomic E-state index is 0.00772. The number of para-hydroxylation sites is 1. The number of hydrogen-bond acceptors (Lipinski definition) is 5. The Labute approximate surface area is 159 Å². The summed E-state index contributed by atoms with van der Waals surface area (Å²) in [7, 11) is 0. The number of benzene rings is 3. The zero-order chi connectivity index (χ0) is 19.5. The molecule has 0 saturated heterocycles. The summed E-state index contributed by atoms with van der Waals surface area (Å²) in [5.41, 5.74) is 1.68. The number of aromatic nitrogens is 2. The second-order valence-electron chi connectivity index (χ2n) is 6.03. The number of rotatable bonds is 4. The molecule has 136 valence electrons. The van der Waals surface area contributed by atoms with Crippen LogP contribution in [-0.2, 0) is 0 Å². The number of nitro groups is 1. The van der Waals surface area contributed by atoms with Gasteiger partial charge in [-0.2, -0.15) is 9.78 Å². The lowest BCUT2D eigenvalue weighted by atomic mass is 10.2. The Balaban J connectivity index is 1.86. The summed E-state index contributed by atoms with van der Waals surface area (Å²) in [5.74, 6) is 0.419. The maximum Gasteiger partial charge on any atom is 0.282 e. The summed E-state index contributed by atoms with van der Waals surface area (Å²) in [6.45, 7) is 0. The van der Waals surface area contributed by atoms with Crippen LogP contribution < -0.4 is 5.56 Å².